The maximum atomic E-state index is 13.5. The van der Waals surface area contributed by atoms with Crippen LogP contribution in [0.15, 0.2) is 24.3 Å². The lowest BCUT2D eigenvalue weighted by Crippen LogP contribution is -2.51. The van der Waals surface area contributed by atoms with Gasteiger partial charge in [-0.25, -0.2) is 9.37 Å². The van der Waals surface area contributed by atoms with Crippen LogP contribution in [0.25, 0.3) is 0 Å². The van der Waals surface area contributed by atoms with Crippen LogP contribution in [0.5, 0.6) is 0 Å². The highest BCUT2D eigenvalue weighted by molar-refractivity contribution is 5.47. The van der Waals surface area contributed by atoms with Gasteiger partial charge in [0.25, 0.3) is 0 Å². The minimum atomic E-state index is -0.316. The molecule has 7 heteroatoms. The molecule has 0 amide bonds. The molecule has 0 bridgehead atoms. The van der Waals surface area contributed by atoms with E-state index in [1.807, 2.05) is 17.9 Å². The van der Waals surface area contributed by atoms with E-state index >= 15 is 0 Å². The first-order valence-electron chi connectivity index (χ1n) is 8.97. The lowest BCUT2D eigenvalue weighted by Gasteiger charge is -2.36. The molecular weight excluding hydrogens is 335 g/mol. The Balaban J connectivity index is 1.56. The number of β-amino-alcohol motifs (C(OH)–C–C–N with tert-alkyl or cyclic N) is 1. The molecule has 138 valence electrons. The fraction of sp³-hybridized carbons (Fsp3) is 0.474. The van der Waals surface area contributed by atoms with E-state index < -0.39 is 0 Å². The van der Waals surface area contributed by atoms with E-state index in [9.17, 15) is 9.50 Å². The summed E-state index contributed by atoms with van der Waals surface area (Å²) in [7, 11) is 0. The quantitative estimate of drug-likeness (QED) is 0.854. The molecule has 2 saturated heterocycles. The number of benzene rings is 1. The minimum Gasteiger partial charge on any atom is -0.389 e. The van der Waals surface area contributed by atoms with Crippen LogP contribution >= 0.6 is 0 Å². The van der Waals surface area contributed by atoms with E-state index in [4.69, 9.17) is 4.74 Å². The number of anilines is 2. The monoisotopic (exact) mass is 358 g/mol. The van der Waals surface area contributed by atoms with Gasteiger partial charge < -0.3 is 20.1 Å². The van der Waals surface area contributed by atoms with Crippen molar-refractivity contribution in [3.63, 3.8) is 0 Å². The second kappa shape index (κ2) is 7.17. The first-order chi connectivity index (χ1) is 12.6. The van der Waals surface area contributed by atoms with Crippen molar-refractivity contribution in [3.05, 3.63) is 46.9 Å². The van der Waals surface area contributed by atoms with Crippen molar-refractivity contribution in [1.29, 1.82) is 0 Å². The van der Waals surface area contributed by atoms with Gasteiger partial charge in [-0.3, -0.25) is 0 Å². The predicted molar refractivity (Wildman–Crippen MR) is 96.9 cm³/mol. The molecule has 2 fully saturated rings. The maximum absolute atomic E-state index is 13.5. The molecular formula is C19H23FN4O2. The van der Waals surface area contributed by atoms with Gasteiger partial charge in [0.05, 0.1) is 18.4 Å². The highest BCUT2D eigenvalue weighted by atomic mass is 19.1. The van der Waals surface area contributed by atoms with Gasteiger partial charge in [-0.2, -0.15) is 4.98 Å². The highest BCUT2D eigenvalue weighted by Crippen LogP contribution is 2.28. The lowest BCUT2D eigenvalue weighted by molar-refractivity contribution is 0.140. The van der Waals surface area contributed by atoms with E-state index in [2.05, 4.69) is 15.3 Å². The third-order valence-corrected chi connectivity index (χ3v) is 5.00. The molecule has 4 rings (SSSR count). The molecule has 1 atom stereocenters. The van der Waals surface area contributed by atoms with Crippen molar-refractivity contribution >= 4 is 11.8 Å². The number of hydrogen-bond donors (Lipinski definition) is 2. The molecule has 1 aromatic carbocycles. The number of aryl methyl sites for hydroxylation is 1. The van der Waals surface area contributed by atoms with Gasteiger partial charge in [0, 0.05) is 38.2 Å². The SMILES string of the molecule is Cc1ccc(F)cc1CNc1cc([C@H]2CCOC2)nc(N2CC(O)C2)n1. The van der Waals surface area contributed by atoms with Crippen LogP contribution in [0.3, 0.4) is 0 Å². The molecule has 2 N–H and O–H groups in total. The van der Waals surface area contributed by atoms with Crippen molar-refractivity contribution < 1.29 is 14.2 Å². The Labute approximate surface area is 152 Å². The van der Waals surface area contributed by atoms with Gasteiger partial charge in [-0.1, -0.05) is 6.07 Å². The predicted octanol–water partition coefficient (Wildman–Crippen LogP) is 2.22. The summed E-state index contributed by atoms with van der Waals surface area (Å²) in [6.45, 7) is 4.97. The molecule has 1 aromatic heterocycles. The van der Waals surface area contributed by atoms with E-state index in [0.717, 1.165) is 29.8 Å². The van der Waals surface area contributed by atoms with Crippen molar-refractivity contribution in [3.8, 4) is 0 Å². The van der Waals surface area contributed by atoms with E-state index in [-0.39, 0.29) is 17.8 Å². The summed E-state index contributed by atoms with van der Waals surface area (Å²) < 4.78 is 19.0. The second-order valence-corrected chi connectivity index (χ2v) is 7.02. The molecule has 2 aliphatic heterocycles. The number of aromatic nitrogens is 2. The third-order valence-electron chi connectivity index (χ3n) is 5.00. The standard InChI is InChI=1S/C19H23FN4O2/c1-12-2-3-15(20)6-14(12)8-21-18-7-17(13-4-5-26-11-13)22-19(23-18)24-9-16(25)10-24/h2-3,6-7,13,16,25H,4-5,8-11H2,1H3,(H,21,22,23)/t13-/m0/s1. The number of nitrogens with one attached hydrogen (secondary N) is 1. The van der Waals surface area contributed by atoms with Crippen molar-refractivity contribution in [2.45, 2.75) is 31.9 Å². The van der Waals surface area contributed by atoms with Gasteiger partial charge in [0.2, 0.25) is 5.95 Å². The Hall–Kier alpha value is -2.25. The Bertz CT molecular complexity index is 789. The smallest absolute Gasteiger partial charge is 0.227 e. The number of halogens is 1. The topological polar surface area (TPSA) is 70.5 Å². The minimum absolute atomic E-state index is 0.242. The number of aliphatic hydroxyl groups excluding tert-OH is 1. The summed E-state index contributed by atoms with van der Waals surface area (Å²) in [5.74, 6) is 1.36. The van der Waals surface area contributed by atoms with Gasteiger partial charge in [0.15, 0.2) is 0 Å². The van der Waals surface area contributed by atoms with Crippen LogP contribution in [0.1, 0.15) is 29.2 Å². The van der Waals surface area contributed by atoms with Crippen LogP contribution < -0.4 is 10.2 Å². The normalized spacial score (nSPS) is 20.3. The Morgan fingerprint density at radius 1 is 1.31 bits per heavy atom. The average molecular weight is 358 g/mol. The van der Waals surface area contributed by atoms with Gasteiger partial charge in [0.1, 0.15) is 11.6 Å². The Morgan fingerprint density at radius 3 is 2.88 bits per heavy atom. The summed E-state index contributed by atoms with van der Waals surface area (Å²) >= 11 is 0. The van der Waals surface area contributed by atoms with Crippen LogP contribution in [-0.2, 0) is 11.3 Å². The summed E-state index contributed by atoms with van der Waals surface area (Å²) in [5.41, 5.74) is 2.88. The first-order valence-corrected chi connectivity index (χ1v) is 8.97. The largest absolute Gasteiger partial charge is 0.389 e. The molecule has 3 heterocycles. The van der Waals surface area contributed by atoms with Crippen LogP contribution in [0, 0.1) is 12.7 Å². The zero-order valence-electron chi connectivity index (χ0n) is 14.8. The maximum Gasteiger partial charge on any atom is 0.227 e. The number of ether oxygens (including phenoxy) is 1. The number of aliphatic hydroxyl groups is 1. The van der Waals surface area contributed by atoms with Gasteiger partial charge >= 0.3 is 0 Å². The van der Waals surface area contributed by atoms with E-state index in [0.29, 0.717) is 38.0 Å². The van der Waals surface area contributed by atoms with E-state index in [1.165, 1.54) is 6.07 Å². The zero-order chi connectivity index (χ0) is 18.1. The fourth-order valence-electron chi connectivity index (χ4n) is 3.30. The summed E-state index contributed by atoms with van der Waals surface area (Å²) in [6.07, 6.45) is 0.630. The van der Waals surface area contributed by atoms with Crippen LogP contribution in [-0.4, -0.2) is 47.5 Å². The van der Waals surface area contributed by atoms with Crippen molar-refractivity contribution in [2.75, 3.05) is 36.5 Å². The third kappa shape index (κ3) is 3.64. The summed E-state index contributed by atoms with van der Waals surface area (Å²) in [4.78, 5) is 11.2. The van der Waals surface area contributed by atoms with Crippen molar-refractivity contribution in [2.24, 2.45) is 0 Å². The Kier molecular flexibility index (Phi) is 4.74. The molecule has 0 unspecified atom stereocenters. The van der Waals surface area contributed by atoms with Crippen LogP contribution in [0.2, 0.25) is 0 Å². The first kappa shape index (κ1) is 17.2. The van der Waals surface area contributed by atoms with Crippen LogP contribution in [0.4, 0.5) is 16.2 Å². The second-order valence-electron chi connectivity index (χ2n) is 7.02. The molecule has 0 spiro atoms. The number of nitrogens with zero attached hydrogens (tertiary/aromatic N) is 3. The molecule has 2 aliphatic rings. The molecule has 0 aliphatic carbocycles. The van der Waals surface area contributed by atoms with Gasteiger partial charge in [-0.05, 0) is 36.6 Å². The lowest BCUT2D eigenvalue weighted by atomic mass is 10.0. The number of hydrogen-bond acceptors (Lipinski definition) is 6. The average Bonchev–Trinajstić information content (AvgIpc) is 3.14. The fourth-order valence-corrected chi connectivity index (χ4v) is 3.30. The molecule has 0 radical (unpaired) electrons. The number of rotatable bonds is 5. The zero-order valence-corrected chi connectivity index (χ0v) is 14.8. The molecule has 26 heavy (non-hydrogen) atoms. The summed E-state index contributed by atoms with van der Waals surface area (Å²) in [5, 5.41) is 12.9. The highest BCUT2D eigenvalue weighted by Gasteiger charge is 2.28. The molecule has 0 saturated carbocycles. The van der Waals surface area contributed by atoms with Crippen molar-refractivity contribution in [1.82, 2.24) is 9.97 Å². The Morgan fingerprint density at radius 2 is 2.15 bits per heavy atom. The molecule has 2 aromatic rings. The van der Waals surface area contributed by atoms with E-state index in [1.54, 1.807) is 12.1 Å². The molecule has 6 nitrogen and oxygen atoms in total. The van der Waals surface area contributed by atoms with Gasteiger partial charge in [-0.15, -0.1) is 0 Å². The summed E-state index contributed by atoms with van der Waals surface area (Å²) in [6, 6.07) is 6.74.